The average molecular weight is 347 g/mol. The quantitative estimate of drug-likeness (QED) is 0.860. The van der Waals surface area contributed by atoms with E-state index in [4.69, 9.17) is 4.74 Å². The van der Waals surface area contributed by atoms with Crippen molar-refractivity contribution in [1.82, 2.24) is 5.32 Å². The van der Waals surface area contributed by atoms with Crippen LogP contribution in [0.15, 0.2) is 48.5 Å². The summed E-state index contributed by atoms with van der Waals surface area (Å²) in [4.78, 5) is 13.3. The summed E-state index contributed by atoms with van der Waals surface area (Å²) in [5.41, 5.74) is 1.92. The van der Waals surface area contributed by atoms with Crippen molar-refractivity contribution in [3.8, 4) is 11.5 Å². The standard InChI is InChI=1S/C23H25NO2/c1-14(19-13-15-10-11-16(19)12-15)24-23(25)22-17-6-2-4-8-20(17)26-21-9-5-3-7-18(21)22/h2-9,14-16,19,22H,10-13H2,1H3,(H,24,25). The van der Waals surface area contributed by atoms with Crippen LogP contribution in [0.2, 0.25) is 0 Å². The molecule has 2 aromatic rings. The number of ether oxygens (including phenoxy) is 1. The minimum atomic E-state index is -0.294. The zero-order valence-corrected chi connectivity index (χ0v) is 15.2. The molecule has 3 nitrogen and oxygen atoms in total. The summed E-state index contributed by atoms with van der Waals surface area (Å²) in [6, 6.07) is 16.0. The molecular formula is C23H25NO2. The molecule has 4 unspecified atom stereocenters. The number of amides is 1. The number of nitrogens with one attached hydrogen (secondary N) is 1. The molecule has 134 valence electrons. The van der Waals surface area contributed by atoms with Crippen LogP contribution in [0.25, 0.3) is 0 Å². The van der Waals surface area contributed by atoms with Gasteiger partial charge in [0.2, 0.25) is 5.91 Å². The molecule has 1 N–H and O–H groups in total. The smallest absolute Gasteiger partial charge is 0.232 e. The minimum Gasteiger partial charge on any atom is -0.457 e. The van der Waals surface area contributed by atoms with E-state index in [1.54, 1.807) is 0 Å². The Morgan fingerprint density at radius 3 is 2.23 bits per heavy atom. The Labute approximate surface area is 154 Å². The second kappa shape index (κ2) is 6.15. The second-order valence-electron chi connectivity index (χ2n) is 8.25. The van der Waals surface area contributed by atoms with Crippen LogP contribution in [-0.2, 0) is 4.79 Å². The topological polar surface area (TPSA) is 38.3 Å². The van der Waals surface area contributed by atoms with E-state index in [1.165, 1.54) is 25.7 Å². The molecule has 1 heterocycles. The van der Waals surface area contributed by atoms with Gasteiger partial charge in [-0.05, 0) is 56.1 Å². The van der Waals surface area contributed by atoms with Crippen molar-refractivity contribution >= 4 is 5.91 Å². The van der Waals surface area contributed by atoms with Crippen molar-refractivity contribution in [2.45, 2.75) is 44.6 Å². The SMILES string of the molecule is CC(NC(=O)C1c2ccccc2Oc2ccccc21)C1CC2CCC1C2. The van der Waals surface area contributed by atoms with Crippen molar-refractivity contribution in [2.75, 3.05) is 0 Å². The maximum Gasteiger partial charge on any atom is 0.232 e. The second-order valence-corrected chi connectivity index (χ2v) is 8.25. The van der Waals surface area contributed by atoms with E-state index >= 15 is 0 Å². The normalized spacial score (nSPS) is 27.3. The predicted octanol–water partition coefficient (Wildman–Crippen LogP) is 4.87. The van der Waals surface area contributed by atoms with Gasteiger partial charge in [-0.15, -0.1) is 0 Å². The molecule has 3 aliphatic rings. The minimum absolute atomic E-state index is 0.100. The molecule has 5 rings (SSSR count). The van der Waals surface area contributed by atoms with Crippen LogP contribution in [0.1, 0.15) is 49.7 Å². The summed E-state index contributed by atoms with van der Waals surface area (Å²) in [6.07, 6.45) is 5.39. The van der Waals surface area contributed by atoms with Crippen molar-refractivity contribution < 1.29 is 9.53 Å². The number of hydrogen-bond acceptors (Lipinski definition) is 2. The molecule has 2 saturated carbocycles. The summed E-state index contributed by atoms with van der Waals surface area (Å²) in [7, 11) is 0. The third-order valence-corrected chi connectivity index (χ3v) is 6.75. The third kappa shape index (κ3) is 2.53. The van der Waals surface area contributed by atoms with E-state index in [-0.39, 0.29) is 17.9 Å². The first-order valence-corrected chi connectivity index (χ1v) is 9.87. The van der Waals surface area contributed by atoms with Crippen LogP contribution in [-0.4, -0.2) is 11.9 Å². The van der Waals surface area contributed by atoms with Crippen LogP contribution < -0.4 is 10.1 Å². The lowest BCUT2D eigenvalue weighted by molar-refractivity contribution is -0.122. The summed E-state index contributed by atoms with van der Waals surface area (Å²) >= 11 is 0. The van der Waals surface area contributed by atoms with Gasteiger partial charge in [0, 0.05) is 17.2 Å². The molecule has 0 radical (unpaired) electrons. The summed E-state index contributed by atoms with van der Waals surface area (Å²) in [5, 5.41) is 3.36. The Morgan fingerprint density at radius 1 is 1.00 bits per heavy atom. The highest BCUT2D eigenvalue weighted by atomic mass is 16.5. The first kappa shape index (κ1) is 15.9. The fraction of sp³-hybridized carbons (Fsp3) is 0.435. The molecule has 3 heteroatoms. The maximum atomic E-state index is 13.3. The predicted molar refractivity (Wildman–Crippen MR) is 101 cm³/mol. The van der Waals surface area contributed by atoms with Crippen molar-refractivity contribution in [3.05, 3.63) is 59.7 Å². The zero-order chi connectivity index (χ0) is 17.7. The van der Waals surface area contributed by atoms with Gasteiger partial charge in [0.25, 0.3) is 0 Å². The molecule has 2 bridgehead atoms. The summed E-state index contributed by atoms with van der Waals surface area (Å²) in [6.45, 7) is 2.19. The molecule has 4 atom stereocenters. The Balaban J connectivity index is 1.43. The molecule has 1 amide bonds. The highest BCUT2D eigenvalue weighted by molar-refractivity contribution is 5.89. The van der Waals surface area contributed by atoms with Gasteiger partial charge in [-0.25, -0.2) is 0 Å². The van der Waals surface area contributed by atoms with Gasteiger partial charge in [-0.2, -0.15) is 0 Å². The monoisotopic (exact) mass is 347 g/mol. The molecule has 2 aliphatic carbocycles. The van der Waals surface area contributed by atoms with E-state index in [1.807, 2.05) is 48.5 Å². The van der Waals surface area contributed by atoms with Gasteiger partial charge in [-0.3, -0.25) is 4.79 Å². The van der Waals surface area contributed by atoms with E-state index in [0.29, 0.717) is 5.92 Å². The molecule has 1 aliphatic heterocycles. The van der Waals surface area contributed by atoms with Crippen molar-refractivity contribution in [1.29, 1.82) is 0 Å². The molecule has 2 aromatic carbocycles. The maximum absolute atomic E-state index is 13.3. The Bertz CT molecular complexity index is 800. The van der Waals surface area contributed by atoms with Gasteiger partial charge in [0.1, 0.15) is 11.5 Å². The van der Waals surface area contributed by atoms with E-state index in [0.717, 1.165) is 34.5 Å². The van der Waals surface area contributed by atoms with Crippen LogP contribution in [0.3, 0.4) is 0 Å². The first-order valence-electron chi connectivity index (χ1n) is 9.87. The van der Waals surface area contributed by atoms with Crippen LogP contribution in [0, 0.1) is 17.8 Å². The lowest BCUT2D eigenvalue weighted by Gasteiger charge is -2.32. The van der Waals surface area contributed by atoms with E-state index in [9.17, 15) is 4.79 Å². The Morgan fingerprint density at radius 2 is 1.65 bits per heavy atom. The average Bonchev–Trinajstić information content (AvgIpc) is 3.29. The van der Waals surface area contributed by atoms with Crippen molar-refractivity contribution in [2.24, 2.45) is 17.8 Å². The molecular weight excluding hydrogens is 322 g/mol. The Kier molecular flexibility index (Phi) is 3.77. The third-order valence-electron chi connectivity index (χ3n) is 6.75. The number of rotatable bonds is 3. The molecule has 26 heavy (non-hydrogen) atoms. The summed E-state index contributed by atoms with van der Waals surface area (Å²) in [5.74, 6) is 3.74. The van der Waals surface area contributed by atoms with E-state index < -0.39 is 0 Å². The fourth-order valence-corrected chi connectivity index (χ4v) is 5.51. The molecule has 0 saturated heterocycles. The Hall–Kier alpha value is -2.29. The number of carbonyl (C=O) groups excluding carboxylic acids is 1. The number of hydrogen-bond donors (Lipinski definition) is 1. The number of fused-ring (bicyclic) bond motifs is 4. The lowest BCUT2D eigenvalue weighted by atomic mass is 9.83. The zero-order valence-electron chi connectivity index (χ0n) is 15.2. The highest BCUT2D eigenvalue weighted by Crippen LogP contribution is 2.50. The van der Waals surface area contributed by atoms with E-state index in [2.05, 4.69) is 12.2 Å². The van der Waals surface area contributed by atoms with Crippen molar-refractivity contribution in [3.63, 3.8) is 0 Å². The number of benzene rings is 2. The largest absolute Gasteiger partial charge is 0.457 e. The van der Waals surface area contributed by atoms with Gasteiger partial charge in [0.15, 0.2) is 0 Å². The fourth-order valence-electron chi connectivity index (χ4n) is 5.51. The summed E-state index contributed by atoms with van der Waals surface area (Å²) < 4.78 is 6.02. The number of carbonyl (C=O) groups is 1. The lowest BCUT2D eigenvalue weighted by Crippen LogP contribution is -2.43. The first-order chi connectivity index (χ1) is 12.7. The molecule has 0 spiro atoms. The van der Waals surface area contributed by atoms with Gasteiger partial charge in [0.05, 0.1) is 5.92 Å². The van der Waals surface area contributed by atoms with Crippen LogP contribution >= 0.6 is 0 Å². The molecule has 2 fully saturated rings. The van der Waals surface area contributed by atoms with Gasteiger partial charge >= 0.3 is 0 Å². The number of para-hydroxylation sites is 2. The van der Waals surface area contributed by atoms with Gasteiger partial charge < -0.3 is 10.1 Å². The van der Waals surface area contributed by atoms with Crippen LogP contribution in [0.5, 0.6) is 11.5 Å². The van der Waals surface area contributed by atoms with Crippen LogP contribution in [0.4, 0.5) is 0 Å². The highest BCUT2D eigenvalue weighted by Gasteiger charge is 2.43. The molecule has 0 aromatic heterocycles. The van der Waals surface area contributed by atoms with Gasteiger partial charge in [-0.1, -0.05) is 42.8 Å².